The van der Waals surface area contributed by atoms with E-state index in [1.54, 1.807) is 19.1 Å². The van der Waals surface area contributed by atoms with Crippen molar-refractivity contribution >= 4 is 32.5 Å². The van der Waals surface area contributed by atoms with E-state index in [1.165, 1.54) is 29.6 Å². The number of benzene rings is 2. The fourth-order valence-electron chi connectivity index (χ4n) is 2.48. The molecule has 0 aliphatic heterocycles. The highest BCUT2D eigenvalue weighted by Gasteiger charge is 2.30. The van der Waals surface area contributed by atoms with Crippen molar-refractivity contribution in [3.63, 3.8) is 0 Å². The number of urea groups is 1. The van der Waals surface area contributed by atoms with Gasteiger partial charge in [-0.25, -0.2) is 22.9 Å². The van der Waals surface area contributed by atoms with Crippen LogP contribution in [0.3, 0.4) is 0 Å². The lowest BCUT2D eigenvalue weighted by molar-refractivity contribution is -0.137. The lowest BCUT2D eigenvalue weighted by Crippen LogP contribution is -2.34. The number of rotatable bonds is 4. The molecule has 29 heavy (non-hydrogen) atoms. The first-order valence-corrected chi connectivity index (χ1v) is 10.4. The Balaban J connectivity index is 1.74. The molecule has 0 atom stereocenters. The van der Waals surface area contributed by atoms with Crippen LogP contribution in [0.4, 0.5) is 23.1 Å². The van der Waals surface area contributed by atoms with Gasteiger partial charge in [0.25, 0.3) is 10.0 Å². The average Bonchev–Trinajstić information content (AvgIpc) is 3.09. The number of nitrogens with one attached hydrogen (secondary N) is 2. The second-order valence-corrected chi connectivity index (χ2v) is 8.45. The Morgan fingerprint density at radius 1 is 1.10 bits per heavy atom. The summed E-state index contributed by atoms with van der Waals surface area (Å²) in [6.07, 6.45) is -4.49. The zero-order valence-corrected chi connectivity index (χ0v) is 16.5. The molecule has 11 heteroatoms. The van der Waals surface area contributed by atoms with E-state index in [4.69, 9.17) is 0 Å². The molecule has 0 fully saturated rings. The largest absolute Gasteiger partial charge is 0.416 e. The van der Waals surface area contributed by atoms with Gasteiger partial charge in [0, 0.05) is 10.9 Å². The molecule has 0 aliphatic carbocycles. The molecule has 1 heterocycles. The molecule has 1 aromatic heterocycles. The quantitative estimate of drug-likeness (QED) is 0.617. The Bertz CT molecular complexity index is 1160. The van der Waals surface area contributed by atoms with Gasteiger partial charge in [-0.3, -0.25) is 5.32 Å². The summed E-state index contributed by atoms with van der Waals surface area (Å²) in [5.74, 6) is 0. The minimum Gasteiger partial charge on any atom is -0.283 e. The molecule has 3 aromatic rings. The van der Waals surface area contributed by atoms with Crippen molar-refractivity contribution in [2.24, 2.45) is 0 Å². The topological polar surface area (TPSA) is 88.2 Å². The number of thiazole rings is 1. The van der Waals surface area contributed by atoms with Gasteiger partial charge in [-0.2, -0.15) is 13.2 Å². The molecule has 3 rings (SSSR count). The molecular weight excluding hydrogens is 427 g/mol. The number of halogens is 3. The second kappa shape index (κ2) is 7.84. The molecule has 0 saturated carbocycles. The number of aromatic nitrogens is 1. The van der Waals surface area contributed by atoms with Gasteiger partial charge in [0.15, 0.2) is 5.13 Å². The van der Waals surface area contributed by atoms with Crippen molar-refractivity contribution in [2.75, 3.05) is 5.32 Å². The van der Waals surface area contributed by atoms with Crippen LogP contribution in [-0.4, -0.2) is 19.4 Å². The number of amides is 2. The highest BCUT2D eigenvalue weighted by molar-refractivity contribution is 7.90. The second-order valence-electron chi connectivity index (χ2n) is 5.94. The number of carbonyl (C=O) groups excluding carboxylic acids is 1. The van der Waals surface area contributed by atoms with Gasteiger partial charge in [0.05, 0.1) is 16.2 Å². The maximum absolute atomic E-state index is 12.8. The third-order valence-electron chi connectivity index (χ3n) is 3.82. The number of anilines is 1. The van der Waals surface area contributed by atoms with Gasteiger partial charge in [-0.15, -0.1) is 11.3 Å². The van der Waals surface area contributed by atoms with Crippen molar-refractivity contribution in [1.82, 2.24) is 9.71 Å². The average molecular weight is 441 g/mol. The summed E-state index contributed by atoms with van der Waals surface area (Å²) in [4.78, 5) is 16.1. The number of sulfonamides is 1. The Kier molecular flexibility index (Phi) is 5.62. The van der Waals surface area contributed by atoms with Crippen molar-refractivity contribution < 1.29 is 26.4 Å². The molecular formula is C18H14F3N3O3S2. The van der Waals surface area contributed by atoms with Gasteiger partial charge < -0.3 is 0 Å². The molecule has 0 unspecified atom stereocenters. The van der Waals surface area contributed by atoms with E-state index in [0.717, 1.165) is 23.5 Å². The van der Waals surface area contributed by atoms with Crippen LogP contribution in [0.1, 0.15) is 11.1 Å². The maximum Gasteiger partial charge on any atom is 0.416 e. The van der Waals surface area contributed by atoms with Crippen molar-refractivity contribution in [2.45, 2.75) is 18.0 Å². The summed E-state index contributed by atoms with van der Waals surface area (Å²) in [7, 11) is -4.09. The fourth-order valence-corrected chi connectivity index (χ4v) is 4.35. The molecule has 2 aromatic carbocycles. The molecule has 2 N–H and O–H groups in total. The first kappa shape index (κ1) is 20.8. The molecule has 6 nitrogen and oxygen atoms in total. The predicted octanol–water partition coefficient (Wildman–Crippen LogP) is 4.65. The molecule has 0 bridgehead atoms. The van der Waals surface area contributed by atoms with Crippen LogP contribution >= 0.6 is 11.3 Å². The Labute approximate surface area is 168 Å². The number of aryl methyl sites for hydroxylation is 1. The van der Waals surface area contributed by atoms with Crippen molar-refractivity contribution in [3.05, 3.63) is 65.0 Å². The zero-order valence-electron chi connectivity index (χ0n) is 14.8. The lowest BCUT2D eigenvalue weighted by atomic mass is 10.1. The third kappa shape index (κ3) is 4.93. The minimum atomic E-state index is -4.49. The SMILES string of the molecule is Cc1ccccc1S(=O)(=O)NC(=O)Nc1nc(-c2cccc(C(F)(F)F)c2)cs1. The summed E-state index contributed by atoms with van der Waals surface area (Å²) < 4.78 is 65.1. The molecule has 0 saturated heterocycles. The first-order valence-electron chi connectivity index (χ1n) is 8.09. The normalized spacial score (nSPS) is 11.9. The number of nitrogens with zero attached hydrogens (tertiary/aromatic N) is 1. The monoisotopic (exact) mass is 441 g/mol. The summed E-state index contributed by atoms with van der Waals surface area (Å²) in [6, 6.07) is 9.72. The van der Waals surface area contributed by atoms with E-state index < -0.39 is 27.8 Å². The molecule has 0 aliphatic rings. The van der Waals surface area contributed by atoms with Crippen LogP contribution in [0.15, 0.2) is 58.8 Å². The zero-order chi connectivity index (χ0) is 21.2. The molecule has 2 amide bonds. The van der Waals surface area contributed by atoms with E-state index in [9.17, 15) is 26.4 Å². The smallest absolute Gasteiger partial charge is 0.283 e. The first-order chi connectivity index (χ1) is 13.6. The summed E-state index contributed by atoms with van der Waals surface area (Å²) in [6.45, 7) is 1.59. The summed E-state index contributed by atoms with van der Waals surface area (Å²) in [5.41, 5.74) is 0.0867. The number of hydrogen-bond acceptors (Lipinski definition) is 5. The summed E-state index contributed by atoms with van der Waals surface area (Å²) in [5, 5.41) is 3.77. The van der Waals surface area contributed by atoms with Gasteiger partial charge >= 0.3 is 12.2 Å². The van der Waals surface area contributed by atoms with Crippen LogP contribution in [-0.2, 0) is 16.2 Å². The highest BCUT2D eigenvalue weighted by Crippen LogP contribution is 2.33. The lowest BCUT2D eigenvalue weighted by Gasteiger charge is -2.09. The van der Waals surface area contributed by atoms with E-state index in [2.05, 4.69) is 10.3 Å². The predicted molar refractivity (Wildman–Crippen MR) is 103 cm³/mol. The van der Waals surface area contributed by atoms with Crippen LogP contribution < -0.4 is 10.0 Å². The van der Waals surface area contributed by atoms with E-state index in [1.807, 2.05) is 4.72 Å². The Morgan fingerprint density at radius 2 is 1.83 bits per heavy atom. The van der Waals surface area contributed by atoms with Gasteiger partial charge in [0.2, 0.25) is 0 Å². The van der Waals surface area contributed by atoms with Gasteiger partial charge in [-0.1, -0.05) is 30.3 Å². The van der Waals surface area contributed by atoms with Gasteiger partial charge in [-0.05, 0) is 30.7 Å². The van der Waals surface area contributed by atoms with Crippen LogP contribution in [0, 0.1) is 6.92 Å². The van der Waals surface area contributed by atoms with Crippen LogP contribution in [0.5, 0.6) is 0 Å². The fraction of sp³-hybridized carbons (Fsp3) is 0.111. The van der Waals surface area contributed by atoms with E-state index >= 15 is 0 Å². The molecule has 0 spiro atoms. The van der Waals surface area contributed by atoms with E-state index in [-0.39, 0.29) is 21.3 Å². The number of carbonyl (C=O) groups is 1. The van der Waals surface area contributed by atoms with Crippen LogP contribution in [0.25, 0.3) is 11.3 Å². The Hall–Kier alpha value is -2.92. The van der Waals surface area contributed by atoms with Gasteiger partial charge in [0.1, 0.15) is 0 Å². The minimum absolute atomic E-state index is 0.0369. The number of alkyl halides is 3. The van der Waals surface area contributed by atoms with Crippen molar-refractivity contribution in [3.8, 4) is 11.3 Å². The molecule has 0 radical (unpaired) electrons. The van der Waals surface area contributed by atoms with Crippen molar-refractivity contribution in [1.29, 1.82) is 0 Å². The molecule has 152 valence electrons. The standard InChI is InChI=1S/C18H14F3N3O3S2/c1-11-5-2-3-8-15(11)29(26,27)24-16(25)23-17-22-14(10-28-17)12-6-4-7-13(9-12)18(19,20)21/h2-10H,1H3,(H2,22,23,24,25). The Morgan fingerprint density at radius 3 is 2.52 bits per heavy atom. The van der Waals surface area contributed by atoms with E-state index in [0.29, 0.717) is 5.56 Å². The van der Waals surface area contributed by atoms with Crippen LogP contribution in [0.2, 0.25) is 0 Å². The summed E-state index contributed by atoms with van der Waals surface area (Å²) >= 11 is 0.952. The third-order valence-corrected chi connectivity index (χ3v) is 6.07. The number of hydrogen-bond donors (Lipinski definition) is 2. The highest BCUT2D eigenvalue weighted by atomic mass is 32.2. The maximum atomic E-state index is 12.8.